The number of nitrogens with zero attached hydrogens (tertiary/aromatic N) is 2. The number of hydrogen-bond acceptors (Lipinski definition) is 4. The molecule has 1 heterocycles. The smallest absolute Gasteiger partial charge is 0.242 e. The van der Waals surface area contributed by atoms with Crippen molar-refractivity contribution in [2.75, 3.05) is 32.5 Å². The van der Waals surface area contributed by atoms with Crippen molar-refractivity contribution in [2.45, 2.75) is 37.1 Å². The van der Waals surface area contributed by atoms with Crippen LogP contribution in [0.5, 0.6) is 0 Å². The molecule has 0 spiro atoms. The van der Waals surface area contributed by atoms with Crippen LogP contribution in [0.1, 0.15) is 25.3 Å². The first-order valence-electron chi connectivity index (χ1n) is 10.4. The molecule has 1 aliphatic rings. The number of nitrogens with one attached hydrogen (secondary N) is 1. The first-order valence-corrected chi connectivity index (χ1v) is 11.8. The summed E-state index contributed by atoms with van der Waals surface area (Å²) in [4.78, 5) is 15.1. The van der Waals surface area contributed by atoms with Gasteiger partial charge in [-0.15, -0.1) is 0 Å². The molecule has 1 amide bonds. The van der Waals surface area contributed by atoms with Crippen molar-refractivity contribution in [3.63, 3.8) is 0 Å². The van der Waals surface area contributed by atoms with Crippen LogP contribution in [0, 0.1) is 5.92 Å². The van der Waals surface area contributed by atoms with Crippen molar-refractivity contribution in [1.29, 1.82) is 0 Å². The van der Waals surface area contributed by atoms with Gasteiger partial charge in [-0.05, 0) is 69.0 Å². The summed E-state index contributed by atoms with van der Waals surface area (Å²) in [6, 6.07) is 16.7. The van der Waals surface area contributed by atoms with Crippen molar-refractivity contribution < 1.29 is 13.2 Å². The maximum absolute atomic E-state index is 12.8. The molecule has 1 unspecified atom stereocenters. The van der Waals surface area contributed by atoms with Crippen molar-refractivity contribution >= 4 is 21.6 Å². The number of piperidine rings is 1. The Labute approximate surface area is 179 Å². The van der Waals surface area contributed by atoms with Gasteiger partial charge in [-0.25, -0.2) is 12.7 Å². The molecule has 2 aromatic carbocycles. The van der Waals surface area contributed by atoms with E-state index in [1.54, 1.807) is 12.1 Å². The van der Waals surface area contributed by atoms with Gasteiger partial charge in [0.15, 0.2) is 0 Å². The minimum atomic E-state index is -3.54. The van der Waals surface area contributed by atoms with Gasteiger partial charge in [0.25, 0.3) is 0 Å². The maximum atomic E-state index is 12.8. The van der Waals surface area contributed by atoms with E-state index in [1.165, 1.54) is 31.8 Å². The molecule has 3 rings (SSSR count). The lowest BCUT2D eigenvalue weighted by Gasteiger charge is -2.35. The monoisotopic (exact) mass is 429 g/mol. The summed E-state index contributed by atoms with van der Waals surface area (Å²) in [6.07, 6.45) is 3.23. The largest absolute Gasteiger partial charge is 0.325 e. The van der Waals surface area contributed by atoms with E-state index >= 15 is 0 Å². The number of carbonyl (C=O) groups is 1. The Hall–Kier alpha value is -2.22. The zero-order valence-electron chi connectivity index (χ0n) is 17.9. The minimum absolute atomic E-state index is 0.115. The van der Waals surface area contributed by atoms with Crippen LogP contribution >= 0.6 is 0 Å². The zero-order valence-corrected chi connectivity index (χ0v) is 18.7. The predicted molar refractivity (Wildman–Crippen MR) is 120 cm³/mol. The molecule has 30 heavy (non-hydrogen) atoms. The van der Waals surface area contributed by atoms with Crippen LogP contribution < -0.4 is 5.32 Å². The Morgan fingerprint density at radius 3 is 2.40 bits per heavy atom. The molecule has 2 aromatic rings. The number of hydrogen-bond donors (Lipinski definition) is 1. The van der Waals surface area contributed by atoms with Gasteiger partial charge in [0.2, 0.25) is 15.9 Å². The molecule has 1 atom stereocenters. The molecular formula is C23H31N3O3S. The summed E-state index contributed by atoms with van der Waals surface area (Å²) < 4.78 is 25.8. The lowest BCUT2D eigenvalue weighted by Crippen LogP contribution is -2.46. The van der Waals surface area contributed by atoms with Gasteiger partial charge in [-0.3, -0.25) is 9.69 Å². The number of sulfonamides is 1. The van der Waals surface area contributed by atoms with E-state index in [1.807, 2.05) is 13.0 Å². The van der Waals surface area contributed by atoms with Crippen LogP contribution in [0.15, 0.2) is 59.5 Å². The molecule has 0 aromatic heterocycles. The van der Waals surface area contributed by atoms with Gasteiger partial charge in [0.1, 0.15) is 0 Å². The second-order valence-corrected chi connectivity index (χ2v) is 10.3. The summed E-state index contributed by atoms with van der Waals surface area (Å²) in [6.45, 7) is 3.69. The fourth-order valence-electron chi connectivity index (χ4n) is 3.85. The second kappa shape index (κ2) is 9.73. The molecule has 7 heteroatoms. The Morgan fingerprint density at radius 2 is 1.77 bits per heavy atom. The van der Waals surface area contributed by atoms with Gasteiger partial charge in [-0.2, -0.15) is 0 Å². The maximum Gasteiger partial charge on any atom is 0.242 e. The van der Waals surface area contributed by atoms with Crippen LogP contribution in [0.2, 0.25) is 0 Å². The molecule has 1 aliphatic heterocycles. The lowest BCUT2D eigenvalue weighted by atomic mass is 9.89. The van der Waals surface area contributed by atoms with Gasteiger partial charge in [0.05, 0.1) is 10.9 Å². The van der Waals surface area contributed by atoms with Crippen molar-refractivity contribution in [2.24, 2.45) is 5.92 Å². The summed E-state index contributed by atoms with van der Waals surface area (Å²) in [7, 11) is -0.556. The number of amides is 1. The van der Waals surface area contributed by atoms with E-state index in [0.717, 1.165) is 36.7 Å². The normalized spacial score (nSPS) is 17.1. The summed E-state index contributed by atoms with van der Waals surface area (Å²) in [5.41, 5.74) is 1.86. The highest BCUT2D eigenvalue weighted by Gasteiger charge is 2.27. The van der Waals surface area contributed by atoms with E-state index < -0.39 is 10.0 Å². The third-order valence-electron chi connectivity index (χ3n) is 5.82. The van der Waals surface area contributed by atoms with Crippen LogP contribution in [0.25, 0.3) is 0 Å². The third-order valence-corrected chi connectivity index (χ3v) is 7.63. The second-order valence-electron chi connectivity index (χ2n) is 8.15. The summed E-state index contributed by atoms with van der Waals surface area (Å²) >= 11 is 0. The number of benzene rings is 2. The fourth-order valence-corrected chi connectivity index (χ4v) is 4.80. The quantitative estimate of drug-likeness (QED) is 0.734. The van der Waals surface area contributed by atoms with Crippen molar-refractivity contribution in [3.8, 4) is 0 Å². The Morgan fingerprint density at radius 1 is 1.10 bits per heavy atom. The molecule has 162 valence electrons. The van der Waals surface area contributed by atoms with Crippen LogP contribution in [-0.2, 0) is 21.2 Å². The number of rotatable bonds is 7. The fraction of sp³-hybridized carbons (Fsp3) is 0.435. The minimum Gasteiger partial charge on any atom is -0.325 e. The van der Waals surface area contributed by atoms with E-state index in [9.17, 15) is 13.2 Å². The third kappa shape index (κ3) is 5.47. The average molecular weight is 430 g/mol. The average Bonchev–Trinajstić information content (AvgIpc) is 2.74. The molecular weight excluding hydrogens is 398 g/mol. The van der Waals surface area contributed by atoms with Gasteiger partial charge in [-0.1, -0.05) is 36.4 Å². The first-order chi connectivity index (χ1) is 14.3. The molecule has 1 fully saturated rings. The highest BCUT2D eigenvalue weighted by molar-refractivity contribution is 7.89. The van der Waals surface area contributed by atoms with E-state index in [0.29, 0.717) is 11.6 Å². The van der Waals surface area contributed by atoms with E-state index in [4.69, 9.17) is 0 Å². The van der Waals surface area contributed by atoms with Crippen LogP contribution in [0.4, 0.5) is 5.69 Å². The van der Waals surface area contributed by atoms with E-state index in [2.05, 4.69) is 34.5 Å². The predicted octanol–water partition coefficient (Wildman–Crippen LogP) is 3.22. The first kappa shape index (κ1) is 22.5. The Balaban J connectivity index is 1.55. The topological polar surface area (TPSA) is 69.7 Å². The zero-order chi connectivity index (χ0) is 21.7. The molecule has 1 N–H and O–H groups in total. The highest BCUT2D eigenvalue weighted by atomic mass is 32.2. The SMILES string of the molecule is CC(C(=O)Nc1cccc(S(=O)(=O)N(C)C)c1)N1CCC(Cc2ccccc2)CC1. The highest BCUT2D eigenvalue weighted by Crippen LogP contribution is 2.24. The molecule has 6 nitrogen and oxygen atoms in total. The van der Waals surface area contributed by atoms with E-state index in [-0.39, 0.29) is 16.8 Å². The summed E-state index contributed by atoms with van der Waals surface area (Å²) in [5.74, 6) is 0.530. The van der Waals surface area contributed by atoms with Crippen LogP contribution in [-0.4, -0.2) is 56.8 Å². The number of anilines is 1. The van der Waals surface area contributed by atoms with Gasteiger partial charge < -0.3 is 5.32 Å². The standard InChI is InChI=1S/C23H31N3O3S/c1-18(26-14-12-20(13-15-26)16-19-8-5-4-6-9-19)23(27)24-21-10-7-11-22(17-21)30(28,29)25(2)3/h4-11,17-18,20H,12-16H2,1-3H3,(H,24,27). The van der Waals surface area contributed by atoms with Crippen molar-refractivity contribution in [3.05, 3.63) is 60.2 Å². The van der Waals surface area contributed by atoms with Crippen molar-refractivity contribution in [1.82, 2.24) is 9.21 Å². The molecule has 0 bridgehead atoms. The van der Waals surface area contributed by atoms with Gasteiger partial charge >= 0.3 is 0 Å². The molecule has 1 saturated heterocycles. The Kier molecular flexibility index (Phi) is 7.28. The Bertz CT molecular complexity index is 953. The molecule has 0 aliphatic carbocycles. The molecule has 0 saturated carbocycles. The van der Waals surface area contributed by atoms with Gasteiger partial charge in [0, 0.05) is 19.8 Å². The summed E-state index contributed by atoms with van der Waals surface area (Å²) in [5, 5.41) is 2.88. The lowest BCUT2D eigenvalue weighted by molar-refractivity contribution is -0.121. The molecule has 0 radical (unpaired) electrons. The number of carbonyl (C=O) groups excluding carboxylic acids is 1. The van der Waals surface area contributed by atoms with Crippen LogP contribution in [0.3, 0.4) is 0 Å². The number of likely N-dealkylation sites (tertiary alicyclic amines) is 1.